The van der Waals surface area contributed by atoms with Gasteiger partial charge in [0.25, 0.3) is 5.91 Å². The average molecular weight is 318 g/mol. The second-order valence-corrected chi connectivity index (χ2v) is 6.31. The van der Waals surface area contributed by atoms with Gasteiger partial charge in [0.05, 0.1) is 19.1 Å². The molecule has 0 saturated carbocycles. The van der Waals surface area contributed by atoms with Crippen LogP contribution in [0.4, 0.5) is 0 Å². The normalized spacial score (nSPS) is 10.1. The molecule has 1 aromatic heterocycles. The van der Waals surface area contributed by atoms with E-state index in [2.05, 4.69) is 10.9 Å². The van der Waals surface area contributed by atoms with E-state index in [1.165, 1.54) is 0 Å². The SMILES string of the molecule is COc1ccc(CC(=O)NNC(=O)c2cc(C)sc2C)cc1. The van der Waals surface area contributed by atoms with E-state index in [0.29, 0.717) is 5.56 Å². The van der Waals surface area contributed by atoms with Crippen LogP contribution in [0.15, 0.2) is 30.3 Å². The van der Waals surface area contributed by atoms with Gasteiger partial charge in [0.1, 0.15) is 5.75 Å². The zero-order valence-corrected chi connectivity index (χ0v) is 13.5. The Kier molecular flexibility index (Phi) is 5.16. The number of carbonyl (C=O) groups excluding carboxylic acids is 2. The van der Waals surface area contributed by atoms with Crippen LogP contribution >= 0.6 is 11.3 Å². The molecule has 1 aromatic carbocycles. The molecule has 0 saturated heterocycles. The molecule has 0 radical (unpaired) electrons. The summed E-state index contributed by atoms with van der Waals surface area (Å²) in [7, 11) is 1.59. The zero-order valence-electron chi connectivity index (χ0n) is 12.7. The number of rotatable bonds is 4. The minimum absolute atomic E-state index is 0.186. The van der Waals surface area contributed by atoms with Gasteiger partial charge in [-0.1, -0.05) is 12.1 Å². The maximum absolute atomic E-state index is 12.0. The van der Waals surface area contributed by atoms with Gasteiger partial charge in [-0.15, -0.1) is 11.3 Å². The maximum atomic E-state index is 12.0. The Morgan fingerprint density at radius 1 is 1.14 bits per heavy atom. The number of amides is 2. The summed E-state index contributed by atoms with van der Waals surface area (Å²) in [5, 5.41) is 0. The Hall–Kier alpha value is -2.34. The van der Waals surface area contributed by atoms with Crippen LogP contribution in [0.5, 0.6) is 5.75 Å². The monoisotopic (exact) mass is 318 g/mol. The lowest BCUT2D eigenvalue weighted by Gasteiger charge is -2.07. The first-order valence-electron chi connectivity index (χ1n) is 6.78. The second-order valence-electron chi connectivity index (χ2n) is 4.85. The summed E-state index contributed by atoms with van der Waals surface area (Å²) in [4.78, 5) is 25.8. The smallest absolute Gasteiger partial charge is 0.270 e. The van der Waals surface area contributed by atoms with E-state index in [-0.39, 0.29) is 18.2 Å². The van der Waals surface area contributed by atoms with E-state index in [0.717, 1.165) is 21.1 Å². The van der Waals surface area contributed by atoms with Crippen molar-refractivity contribution in [2.45, 2.75) is 20.3 Å². The Morgan fingerprint density at radius 3 is 2.36 bits per heavy atom. The Balaban J connectivity index is 1.87. The molecule has 2 aromatic rings. The fourth-order valence-corrected chi connectivity index (χ4v) is 2.94. The Morgan fingerprint density at radius 2 is 1.82 bits per heavy atom. The number of hydrogen-bond acceptors (Lipinski definition) is 4. The topological polar surface area (TPSA) is 67.4 Å². The Bertz CT molecular complexity index is 677. The van der Waals surface area contributed by atoms with Gasteiger partial charge in [0.2, 0.25) is 5.91 Å². The summed E-state index contributed by atoms with van der Waals surface area (Å²) in [6.07, 6.45) is 0.186. The van der Waals surface area contributed by atoms with Gasteiger partial charge in [-0.25, -0.2) is 0 Å². The molecule has 0 fully saturated rings. The first-order chi connectivity index (χ1) is 10.5. The Labute approximate surface area is 133 Å². The summed E-state index contributed by atoms with van der Waals surface area (Å²) >= 11 is 1.55. The van der Waals surface area contributed by atoms with Crippen molar-refractivity contribution in [1.29, 1.82) is 0 Å². The molecule has 22 heavy (non-hydrogen) atoms. The van der Waals surface area contributed by atoms with E-state index in [1.807, 2.05) is 32.0 Å². The van der Waals surface area contributed by atoms with Gasteiger partial charge in [-0.3, -0.25) is 20.4 Å². The minimum atomic E-state index is -0.301. The predicted molar refractivity (Wildman–Crippen MR) is 86.1 cm³/mol. The van der Waals surface area contributed by atoms with E-state index >= 15 is 0 Å². The lowest BCUT2D eigenvalue weighted by Crippen LogP contribution is -2.42. The highest BCUT2D eigenvalue weighted by molar-refractivity contribution is 7.12. The van der Waals surface area contributed by atoms with Crippen LogP contribution in [0, 0.1) is 13.8 Å². The first kappa shape index (κ1) is 16.0. The van der Waals surface area contributed by atoms with Crippen LogP contribution in [0.25, 0.3) is 0 Å². The van der Waals surface area contributed by atoms with E-state index in [4.69, 9.17) is 4.74 Å². The molecule has 0 atom stereocenters. The van der Waals surface area contributed by atoms with Gasteiger partial charge < -0.3 is 4.74 Å². The minimum Gasteiger partial charge on any atom is -0.497 e. The molecule has 2 N–H and O–H groups in total. The summed E-state index contributed by atoms with van der Waals surface area (Å²) < 4.78 is 5.06. The van der Waals surface area contributed by atoms with Crippen LogP contribution in [0.2, 0.25) is 0 Å². The molecule has 0 unspecified atom stereocenters. The zero-order chi connectivity index (χ0) is 16.1. The standard InChI is InChI=1S/C16H18N2O3S/c1-10-8-14(11(2)22-10)16(20)18-17-15(19)9-12-4-6-13(21-3)7-5-12/h4-8H,9H2,1-3H3,(H,17,19)(H,18,20). The van der Waals surface area contributed by atoms with Crippen molar-refractivity contribution in [2.75, 3.05) is 7.11 Å². The van der Waals surface area contributed by atoms with Crippen molar-refractivity contribution < 1.29 is 14.3 Å². The van der Waals surface area contributed by atoms with Crippen LogP contribution in [-0.2, 0) is 11.2 Å². The third-order valence-electron chi connectivity index (χ3n) is 3.12. The van der Waals surface area contributed by atoms with Crippen molar-refractivity contribution in [2.24, 2.45) is 0 Å². The number of thiophene rings is 1. The third kappa shape index (κ3) is 4.08. The first-order valence-corrected chi connectivity index (χ1v) is 7.60. The highest BCUT2D eigenvalue weighted by Gasteiger charge is 2.12. The van der Waals surface area contributed by atoms with E-state index in [9.17, 15) is 9.59 Å². The fourth-order valence-electron chi connectivity index (χ4n) is 2.02. The number of methoxy groups -OCH3 is 1. The van der Waals surface area contributed by atoms with Crippen LogP contribution < -0.4 is 15.6 Å². The molecular weight excluding hydrogens is 300 g/mol. The molecule has 6 heteroatoms. The van der Waals surface area contributed by atoms with E-state index < -0.39 is 0 Å². The molecule has 1 heterocycles. The number of hydrogen-bond donors (Lipinski definition) is 2. The van der Waals surface area contributed by atoms with Crippen molar-refractivity contribution in [3.05, 3.63) is 51.2 Å². The number of carbonyl (C=O) groups is 2. The molecule has 116 valence electrons. The predicted octanol–water partition coefficient (Wildman–Crippen LogP) is 2.38. The van der Waals surface area contributed by atoms with Crippen LogP contribution in [0.1, 0.15) is 25.7 Å². The fraction of sp³-hybridized carbons (Fsp3) is 0.250. The molecule has 0 aliphatic carbocycles. The summed E-state index contributed by atoms with van der Waals surface area (Å²) in [6, 6.07) is 9.02. The third-order valence-corrected chi connectivity index (χ3v) is 4.09. The number of benzene rings is 1. The molecule has 2 amide bonds. The quantitative estimate of drug-likeness (QED) is 0.851. The molecule has 0 spiro atoms. The van der Waals surface area contributed by atoms with Gasteiger partial charge in [-0.05, 0) is 37.6 Å². The van der Waals surface area contributed by atoms with Crippen molar-refractivity contribution in [3.63, 3.8) is 0 Å². The van der Waals surface area contributed by atoms with Gasteiger partial charge in [-0.2, -0.15) is 0 Å². The van der Waals surface area contributed by atoms with Crippen molar-refractivity contribution >= 4 is 23.2 Å². The van der Waals surface area contributed by atoms with Gasteiger partial charge >= 0.3 is 0 Å². The molecule has 0 aliphatic heterocycles. The summed E-state index contributed by atoms with van der Waals surface area (Å²) in [5.74, 6) is 0.161. The molecule has 2 rings (SSSR count). The highest BCUT2D eigenvalue weighted by atomic mass is 32.1. The summed E-state index contributed by atoms with van der Waals surface area (Å²) in [6.45, 7) is 3.82. The second kappa shape index (κ2) is 7.09. The molecule has 5 nitrogen and oxygen atoms in total. The number of ether oxygens (including phenoxy) is 1. The average Bonchev–Trinajstić information content (AvgIpc) is 2.84. The largest absolute Gasteiger partial charge is 0.497 e. The lowest BCUT2D eigenvalue weighted by atomic mass is 10.1. The molecule has 0 aliphatic rings. The van der Waals surface area contributed by atoms with Crippen molar-refractivity contribution in [1.82, 2.24) is 10.9 Å². The number of nitrogens with one attached hydrogen (secondary N) is 2. The van der Waals surface area contributed by atoms with Gasteiger partial charge in [0, 0.05) is 9.75 Å². The lowest BCUT2D eigenvalue weighted by molar-refractivity contribution is -0.121. The van der Waals surface area contributed by atoms with Crippen molar-refractivity contribution in [3.8, 4) is 5.75 Å². The van der Waals surface area contributed by atoms with Crippen LogP contribution in [-0.4, -0.2) is 18.9 Å². The van der Waals surface area contributed by atoms with Crippen LogP contribution in [0.3, 0.4) is 0 Å². The number of hydrazine groups is 1. The number of aryl methyl sites for hydroxylation is 2. The molecular formula is C16H18N2O3S. The van der Waals surface area contributed by atoms with Gasteiger partial charge in [0.15, 0.2) is 0 Å². The van der Waals surface area contributed by atoms with E-state index in [1.54, 1.807) is 30.6 Å². The summed E-state index contributed by atoms with van der Waals surface area (Å²) in [5.41, 5.74) is 6.30. The highest BCUT2D eigenvalue weighted by Crippen LogP contribution is 2.20. The maximum Gasteiger partial charge on any atom is 0.270 e. The molecule has 0 bridgehead atoms.